The molecule has 3 aromatic rings. The molecule has 0 aliphatic carbocycles. The van der Waals surface area contributed by atoms with E-state index < -0.39 is 0 Å². The van der Waals surface area contributed by atoms with Gasteiger partial charge in [-0.25, -0.2) is 0 Å². The Hall–Kier alpha value is -2.89. The van der Waals surface area contributed by atoms with E-state index in [9.17, 15) is 4.79 Å². The lowest BCUT2D eigenvalue weighted by atomic mass is 10.1. The Balaban J connectivity index is 1.77. The summed E-state index contributed by atoms with van der Waals surface area (Å²) in [5.74, 6) is -0.0843. The second-order valence-electron chi connectivity index (χ2n) is 6.66. The van der Waals surface area contributed by atoms with E-state index in [0.717, 1.165) is 34.8 Å². The number of aromatic amines is 1. The summed E-state index contributed by atoms with van der Waals surface area (Å²) in [6.45, 7) is 9.49. The third-order valence-electron chi connectivity index (χ3n) is 4.73. The van der Waals surface area contributed by atoms with Crippen LogP contribution in [0.5, 0.6) is 0 Å². The van der Waals surface area contributed by atoms with Crippen molar-refractivity contribution in [3.63, 3.8) is 0 Å². The molecule has 0 spiro atoms. The Morgan fingerprint density at radius 3 is 2.50 bits per heavy atom. The minimum absolute atomic E-state index is 0.0843. The van der Waals surface area contributed by atoms with Crippen LogP contribution in [0.1, 0.15) is 39.9 Å². The number of aryl methyl sites for hydroxylation is 3. The molecule has 6 heteroatoms. The van der Waals surface area contributed by atoms with Crippen LogP contribution in [0.25, 0.3) is 11.3 Å². The zero-order valence-corrected chi connectivity index (χ0v) is 16.0. The van der Waals surface area contributed by atoms with Crippen molar-refractivity contribution in [2.75, 3.05) is 7.05 Å². The van der Waals surface area contributed by atoms with Crippen LogP contribution in [0.3, 0.4) is 0 Å². The molecular weight excluding hydrogens is 326 g/mol. The monoisotopic (exact) mass is 351 g/mol. The van der Waals surface area contributed by atoms with Crippen molar-refractivity contribution in [1.82, 2.24) is 24.9 Å². The van der Waals surface area contributed by atoms with E-state index in [1.165, 1.54) is 5.56 Å². The fourth-order valence-corrected chi connectivity index (χ4v) is 3.09. The average molecular weight is 351 g/mol. The van der Waals surface area contributed by atoms with Crippen LogP contribution in [0.4, 0.5) is 0 Å². The summed E-state index contributed by atoms with van der Waals surface area (Å²) >= 11 is 0. The fraction of sp³-hybridized carbons (Fsp3) is 0.350. The van der Waals surface area contributed by atoms with E-state index in [4.69, 9.17) is 0 Å². The first kappa shape index (κ1) is 17.9. The first-order chi connectivity index (χ1) is 12.4. The van der Waals surface area contributed by atoms with Gasteiger partial charge in [0.05, 0.1) is 11.4 Å². The quantitative estimate of drug-likeness (QED) is 0.765. The van der Waals surface area contributed by atoms with E-state index in [1.807, 2.05) is 49.7 Å². The molecule has 136 valence electrons. The molecule has 0 aliphatic heterocycles. The molecular formula is C20H25N5O. The number of hydrogen-bond acceptors (Lipinski definition) is 3. The van der Waals surface area contributed by atoms with Gasteiger partial charge in [-0.05, 0) is 33.8 Å². The van der Waals surface area contributed by atoms with Crippen molar-refractivity contribution in [3.8, 4) is 11.3 Å². The van der Waals surface area contributed by atoms with Crippen molar-refractivity contribution in [3.05, 3.63) is 58.5 Å². The zero-order valence-electron chi connectivity index (χ0n) is 16.0. The summed E-state index contributed by atoms with van der Waals surface area (Å²) in [6, 6.07) is 9.90. The number of rotatable bonds is 5. The first-order valence-electron chi connectivity index (χ1n) is 8.81. The summed E-state index contributed by atoms with van der Waals surface area (Å²) in [5, 5.41) is 11.7. The molecule has 0 radical (unpaired) electrons. The number of aromatic nitrogens is 4. The Morgan fingerprint density at radius 1 is 1.19 bits per heavy atom. The molecule has 0 unspecified atom stereocenters. The van der Waals surface area contributed by atoms with Crippen LogP contribution in [0.2, 0.25) is 0 Å². The van der Waals surface area contributed by atoms with Gasteiger partial charge in [-0.15, -0.1) is 0 Å². The van der Waals surface area contributed by atoms with Gasteiger partial charge in [0.2, 0.25) is 0 Å². The maximum atomic E-state index is 12.8. The molecule has 2 aromatic heterocycles. The standard InChI is InChI=1S/C20H25N5O/c1-6-25-15(4)17(14(3)23-25)12-24(5)20(26)19-11-18(21-22-19)16-9-7-13(2)8-10-16/h7-11H,6,12H2,1-5H3,(H,21,22). The highest BCUT2D eigenvalue weighted by atomic mass is 16.2. The second-order valence-corrected chi connectivity index (χ2v) is 6.66. The largest absolute Gasteiger partial charge is 0.336 e. The third-order valence-corrected chi connectivity index (χ3v) is 4.73. The number of hydrogen-bond donors (Lipinski definition) is 1. The highest BCUT2D eigenvalue weighted by molar-refractivity contribution is 5.93. The molecule has 1 N–H and O–H groups in total. The normalized spacial score (nSPS) is 11.0. The van der Waals surface area contributed by atoms with Gasteiger partial charge < -0.3 is 4.90 Å². The number of carbonyl (C=O) groups excluding carboxylic acids is 1. The average Bonchev–Trinajstić information content (AvgIpc) is 3.22. The highest BCUT2D eigenvalue weighted by Gasteiger charge is 2.19. The molecule has 0 aliphatic rings. The molecule has 2 heterocycles. The van der Waals surface area contributed by atoms with Crippen molar-refractivity contribution in [2.45, 2.75) is 40.8 Å². The van der Waals surface area contributed by atoms with Crippen molar-refractivity contribution >= 4 is 5.91 Å². The van der Waals surface area contributed by atoms with Crippen LogP contribution < -0.4 is 0 Å². The predicted octanol–water partition coefficient (Wildman–Crippen LogP) is 3.49. The summed E-state index contributed by atoms with van der Waals surface area (Å²) in [5.41, 5.74) is 6.61. The second kappa shape index (κ2) is 7.15. The molecule has 0 saturated heterocycles. The number of amides is 1. The summed E-state index contributed by atoms with van der Waals surface area (Å²) in [6.07, 6.45) is 0. The Bertz CT molecular complexity index is 920. The lowest BCUT2D eigenvalue weighted by Crippen LogP contribution is -2.27. The molecule has 0 bridgehead atoms. The number of H-pyrrole nitrogens is 1. The molecule has 6 nitrogen and oxygen atoms in total. The van der Waals surface area contributed by atoms with Gasteiger partial charge in [-0.1, -0.05) is 29.8 Å². The molecule has 0 fully saturated rings. The van der Waals surface area contributed by atoms with Crippen LogP contribution in [-0.2, 0) is 13.1 Å². The Labute approximate surface area is 153 Å². The molecule has 1 amide bonds. The van der Waals surface area contributed by atoms with Crippen LogP contribution in [0, 0.1) is 20.8 Å². The van der Waals surface area contributed by atoms with E-state index in [2.05, 4.69) is 22.2 Å². The molecule has 0 saturated carbocycles. The summed E-state index contributed by atoms with van der Waals surface area (Å²) < 4.78 is 1.97. The van der Waals surface area contributed by atoms with Crippen LogP contribution in [0.15, 0.2) is 30.3 Å². The van der Waals surface area contributed by atoms with Crippen molar-refractivity contribution in [1.29, 1.82) is 0 Å². The van der Waals surface area contributed by atoms with E-state index in [0.29, 0.717) is 12.2 Å². The molecule has 3 rings (SSSR count). The fourth-order valence-electron chi connectivity index (χ4n) is 3.09. The lowest BCUT2D eigenvalue weighted by Gasteiger charge is -2.16. The van der Waals surface area contributed by atoms with E-state index in [1.54, 1.807) is 18.0 Å². The minimum atomic E-state index is -0.0843. The van der Waals surface area contributed by atoms with Crippen LogP contribution in [-0.4, -0.2) is 37.8 Å². The lowest BCUT2D eigenvalue weighted by molar-refractivity contribution is 0.0779. The molecule has 26 heavy (non-hydrogen) atoms. The van der Waals surface area contributed by atoms with Crippen molar-refractivity contribution < 1.29 is 4.79 Å². The van der Waals surface area contributed by atoms with Gasteiger partial charge >= 0.3 is 0 Å². The number of nitrogens with zero attached hydrogens (tertiary/aromatic N) is 4. The van der Waals surface area contributed by atoms with E-state index in [-0.39, 0.29) is 5.91 Å². The Kier molecular flexibility index (Phi) is 4.93. The topological polar surface area (TPSA) is 66.8 Å². The zero-order chi connectivity index (χ0) is 18.8. The number of carbonyl (C=O) groups is 1. The van der Waals surface area contributed by atoms with Gasteiger partial charge in [-0.2, -0.15) is 10.2 Å². The maximum Gasteiger partial charge on any atom is 0.271 e. The highest BCUT2D eigenvalue weighted by Crippen LogP contribution is 2.20. The summed E-state index contributed by atoms with van der Waals surface area (Å²) in [7, 11) is 1.80. The van der Waals surface area contributed by atoms with Gasteiger partial charge in [0.15, 0.2) is 0 Å². The molecule has 0 atom stereocenters. The Morgan fingerprint density at radius 2 is 1.88 bits per heavy atom. The SMILES string of the molecule is CCn1nc(C)c(CN(C)C(=O)c2cc(-c3ccc(C)cc3)n[nH]2)c1C. The third kappa shape index (κ3) is 3.40. The van der Waals surface area contributed by atoms with E-state index >= 15 is 0 Å². The predicted molar refractivity (Wildman–Crippen MR) is 102 cm³/mol. The van der Waals surface area contributed by atoms with Crippen LogP contribution >= 0.6 is 0 Å². The van der Waals surface area contributed by atoms with Gasteiger partial charge in [0.1, 0.15) is 5.69 Å². The first-order valence-corrected chi connectivity index (χ1v) is 8.81. The van der Waals surface area contributed by atoms with Crippen molar-refractivity contribution in [2.24, 2.45) is 0 Å². The summed E-state index contributed by atoms with van der Waals surface area (Å²) in [4.78, 5) is 14.5. The maximum absolute atomic E-state index is 12.8. The minimum Gasteiger partial charge on any atom is -0.336 e. The number of benzene rings is 1. The van der Waals surface area contributed by atoms with Gasteiger partial charge in [0, 0.05) is 37.0 Å². The number of nitrogens with one attached hydrogen (secondary N) is 1. The smallest absolute Gasteiger partial charge is 0.271 e. The van der Waals surface area contributed by atoms with Gasteiger partial charge in [0.25, 0.3) is 5.91 Å². The van der Waals surface area contributed by atoms with Gasteiger partial charge in [-0.3, -0.25) is 14.6 Å². The molecule has 1 aromatic carbocycles.